The van der Waals surface area contributed by atoms with Crippen molar-refractivity contribution in [1.82, 2.24) is 5.32 Å². The third-order valence-electron chi connectivity index (χ3n) is 3.15. The van der Waals surface area contributed by atoms with E-state index in [-0.39, 0.29) is 0 Å². The van der Waals surface area contributed by atoms with Crippen LogP contribution in [0, 0.1) is 6.92 Å². The topological polar surface area (TPSA) is 21.3 Å². The van der Waals surface area contributed by atoms with Gasteiger partial charge in [-0.25, -0.2) is 0 Å². The number of aryl methyl sites for hydroxylation is 1. The second-order valence-electron chi connectivity index (χ2n) is 4.59. The fraction of sp³-hybridized carbons (Fsp3) is 0.600. The van der Waals surface area contributed by atoms with Crippen LogP contribution in [0.15, 0.2) is 18.2 Å². The van der Waals surface area contributed by atoms with E-state index in [9.17, 15) is 0 Å². The van der Waals surface area contributed by atoms with Crippen LogP contribution in [0.5, 0.6) is 5.75 Å². The number of nitrogens with one attached hydrogen (secondary N) is 1. The third kappa shape index (κ3) is 4.39. The monoisotopic (exact) mass is 235 g/mol. The molecule has 0 saturated heterocycles. The Morgan fingerprint density at radius 3 is 2.65 bits per heavy atom. The largest absolute Gasteiger partial charge is 0.496 e. The zero-order chi connectivity index (χ0) is 12.7. The highest BCUT2D eigenvalue weighted by Crippen LogP contribution is 2.19. The van der Waals surface area contributed by atoms with E-state index < -0.39 is 0 Å². The first kappa shape index (κ1) is 14.0. The van der Waals surface area contributed by atoms with E-state index >= 15 is 0 Å². The number of rotatable bonds is 7. The van der Waals surface area contributed by atoms with Crippen LogP contribution in [-0.2, 0) is 6.54 Å². The van der Waals surface area contributed by atoms with E-state index in [1.54, 1.807) is 7.11 Å². The number of benzene rings is 1. The van der Waals surface area contributed by atoms with Crippen LogP contribution in [0.4, 0.5) is 0 Å². The van der Waals surface area contributed by atoms with E-state index in [1.807, 2.05) is 6.07 Å². The Bertz CT molecular complexity index is 336. The molecule has 1 aromatic rings. The van der Waals surface area contributed by atoms with Gasteiger partial charge in [-0.2, -0.15) is 0 Å². The highest BCUT2D eigenvalue weighted by molar-refractivity contribution is 5.36. The van der Waals surface area contributed by atoms with Gasteiger partial charge in [0.1, 0.15) is 5.75 Å². The Morgan fingerprint density at radius 1 is 1.29 bits per heavy atom. The molecular weight excluding hydrogens is 210 g/mol. The molecule has 0 amide bonds. The van der Waals surface area contributed by atoms with Gasteiger partial charge in [0.2, 0.25) is 0 Å². The van der Waals surface area contributed by atoms with Crippen molar-refractivity contribution < 1.29 is 4.74 Å². The fourth-order valence-corrected chi connectivity index (χ4v) is 2.10. The lowest BCUT2D eigenvalue weighted by Crippen LogP contribution is -2.27. The number of hydrogen-bond acceptors (Lipinski definition) is 2. The van der Waals surface area contributed by atoms with Crippen LogP contribution in [0.3, 0.4) is 0 Å². The molecule has 2 heteroatoms. The van der Waals surface area contributed by atoms with Crippen LogP contribution >= 0.6 is 0 Å². The van der Waals surface area contributed by atoms with Crippen LogP contribution in [-0.4, -0.2) is 13.2 Å². The molecule has 1 N–H and O–H groups in total. The third-order valence-corrected chi connectivity index (χ3v) is 3.15. The number of methoxy groups -OCH3 is 1. The molecule has 0 aromatic heterocycles. The van der Waals surface area contributed by atoms with E-state index in [0.29, 0.717) is 6.04 Å². The van der Waals surface area contributed by atoms with Gasteiger partial charge in [0.05, 0.1) is 7.11 Å². The molecule has 0 saturated carbocycles. The van der Waals surface area contributed by atoms with Gasteiger partial charge in [-0.1, -0.05) is 38.0 Å². The maximum Gasteiger partial charge on any atom is 0.123 e. The molecule has 1 rings (SSSR count). The zero-order valence-electron chi connectivity index (χ0n) is 11.5. The van der Waals surface area contributed by atoms with E-state index in [1.165, 1.54) is 30.4 Å². The van der Waals surface area contributed by atoms with Crippen molar-refractivity contribution in [3.8, 4) is 5.75 Å². The number of hydrogen-bond donors (Lipinski definition) is 1. The van der Waals surface area contributed by atoms with Crippen LogP contribution in [0.1, 0.15) is 44.2 Å². The van der Waals surface area contributed by atoms with Gasteiger partial charge >= 0.3 is 0 Å². The normalized spacial score (nSPS) is 12.5. The lowest BCUT2D eigenvalue weighted by atomic mass is 10.1. The summed E-state index contributed by atoms with van der Waals surface area (Å²) >= 11 is 0. The van der Waals surface area contributed by atoms with Crippen molar-refractivity contribution in [3.05, 3.63) is 29.3 Å². The molecule has 17 heavy (non-hydrogen) atoms. The molecule has 2 nitrogen and oxygen atoms in total. The Kier molecular flexibility index (Phi) is 6.06. The van der Waals surface area contributed by atoms with Gasteiger partial charge in [0, 0.05) is 18.2 Å². The molecule has 1 aromatic carbocycles. The second-order valence-corrected chi connectivity index (χ2v) is 4.59. The van der Waals surface area contributed by atoms with E-state index in [4.69, 9.17) is 4.74 Å². The maximum absolute atomic E-state index is 5.39. The number of ether oxygens (including phenoxy) is 1. The average molecular weight is 235 g/mol. The quantitative estimate of drug-likeness (QED) is 0.778. The van der Waals surface area contributed by atoms with E-state index in [2.05, 4.69) is 38.2 Å². The summed E-state index contributed by atoms with van der Waals surface area (Å²) in [5.41, 5.74) is 2.54. The summed E-state index contributed by atoms with van der Waals surface area (Å²) in [4.78, 5) is 0. The molecule has 0 aliphatic carbocycles. The molecule has 1 unspecified atom stereocenters. The first-order valence-corrected chi connectivity index (χ1v) is 6.58. The predicted octanol–water partition coefficient (Wildman–Crippen LogP) is 3.67. The summed E-state index contributed by atoms with van der Waals surface area (Å²) in [5, 5.41) is 3.61. The van der Waals surface area contributed by atoms with Crippen molar-refractivity contribution in [2.75, 3.05) is 7.11 Å². The minimum Gasteiger partial charge on any atom is -0.496 e. The summed E-state index contributed by atoms with van der Waals surface area (Å²) in [5.74, 6) is 0.981. The van der Waals surface area contributed by atoms with Crippen molar-refractivity contribution in [2.24, 2.45) is 0 Å². The molecular formula is C15H25NO. The van der Waals surface area contributed by atoms with Crippen LogP contribution < -0.4 is 10.1 Å². The maximum atomic E-state index is 5.39. The highest BCUT2D eigenvalue weighted by Gasteiger charge is 2.07. The van der Waals surface area contributed by atoms with Crippen molar-refractivity contribution >= 4 is 0 Å². The van der Waals surface area contributed by atoms with E-state index in [0.717, 1.165) is 12.3 Å². The Labute approximate surface area is 105 Å². The molecule has 0 aliphatic heterocycles. The predicted molar refractivity (Wildman–Crippen MR) is 73.6 cm³/mol. The Balaban J connectivity index is 2.63. The molecule has 1 atom stereocenters. The van der Waals surface area contributed by atoms with Gasteiger partial charge in [-0.15, -0.1) is 0 Å². The lowest BCUT2D eigenvalue weighted by molar-refractivity contribution is 0.401. The van der Waals surface area contributed by atoms with Crippen LogP contribution in [0.25, 0.3) is 0 Å². The smallest absolute Gasteiger partial charge is 0.123 e. The molecule has 0 radical (unpaired) electrons. The van der Waals surface area contributed by atoms with Gasteiger partial charge in [0.25, 0.3) is 0 Å². The fourth-order valence-electron chi connectivity index (χ4n) is 2.10. The van der Waals surface area contributed by atoms with Crippen molar-refractivity contribution in [1.29, 1.82) is 0 Å². The molecule has 96 valence electrons. The van der Waals surface area contributed by atoms with Gasteiger partial charge in [-0.3, -0.25) is 0 Å². The average Bonchev–Trinajstić information content (AvgIpc) is 2.34. The molecule has 0 spiro atoms. The molecule has 0 aliphatic rings. The molecule has 0 bridgehead atoms. The van der Waals surface area contributed by atoms with Crippen molar-refractivity contribution in [3.63, 3.8) is 0 Å². The highest BCUT2D eigenvalue weighted by atomic mass is 16.5. The SMILES string of the molecule is CCCC(CC)NCc1cc(C)ccc1OC. The Hall–Kier alpha value is -1.02. The first-order valence-electron chi connectivity index (χ1n) is 6.58. The minimum absolute atomic E-state index is 0.616. The molecule has 0 heterocycles. The summed E-state index contributed by atoms with van der Waals surface area (Å²) < 4.78 is 5.39. The van der Waals surface area contributed by atoms with Crippen molar-refractivity contribution in [2.45, 2.75) is 52.6 Å². The Morgan fingerprint density at radius 2 is 2.06 bits per heavy atom. The lowest BCUT2D eigenvalue weighted by Gasteiger charge is -2.17. The standard InChI is InChI=1S/C15H25NO/c1-5-7-14(6-2)16-11-13-10-12(3)8-9-15(13)17-4/h8-10,14,16H,5-7,11H2,1-4H3. The van der Waals surface area contributed by atoms with Gasteiger partial charge < -0.3 is 10.1 Å². The zero-order valence-corrected chi connectivity index (χ0v) is 11.5. The van der Waals surface area contributed by atoms with Gasteiger partial charge in [0.15, 0.2) is 0 Å². The summed E-state index contributed by atoms with van der Waals surface area (Å²) in [6, 6.07) is 6.95. The van der Waals surface area contributed by atoms with Crippen LogP contribution in [0.2, 0.25) is 0 Å². The summed E-state index contributed by atoms with van der Waals surface area (Å²) in [6.07, 6.45) is 3.66. The summed E-state index contributed by atoms with van der Waals surface area (Å²) in [6.45, 7) is 7.48. The summed E-state index contributed by atoms with van der Waals surface area (Å²) in [7, 11) is 1.73. The first-order chi connectivity index (χ1) is 8.21. The van der Waals surface area contributed by atoms with Gasteiger partial charge in [-0.05, 0) is 25.8 Å². The second kappa shape index (κ2) is 7.33. The molecule has 0 fully saturated rings. The minimum atomic E-state index is 0.616.